The summed E-state index contributed by atoms with van der Waals surface area (Å²) in [6, 6.07) is 13.1. The first-order valence-electron chi connectivity index (χ1n) is 12.0. The summed E-state index contributed by atoms with van der Waals surface area (Å²) >= 11 is 0. The Morgan fingerprint density at radius 3 is 2.21 bits per heavy atom. The molecule has 3 rings (SSSR count). The third-order valence-corrected chi connectivity index (χ3v) is 5.85. The SMILES string of the molecule is CC.CCN(CC)C(=O)c1ccc(C2=CC(C)(CCNC)Oc3cc(C(=O)OC)ccc32)cc1. The Kier molecular flexibility index (Phi) is 9.87. The topological polar surface area (TPSA) is 67.9 Å². The highest BCUT2D eigenvalue weighted by Crippen LogP contribution is 2.41. The zero-order valence-corrected chi connectivity index (χ0v) is 21.5. The minimum Gasteiger partial charge on any atom is -0.483 e. The van der Waals surface area contributed by atoms with Gasteiger partial charge in [-0.25, -0.2) is 4.79 Å². The minimum atomic E-state index is -0.546. The number of nitrogens with zero attached hydrogens (tertiary/aromatic N) is 1. The first-order valence-corrected chi connectivity index (χ1v) is 12.0. The van der Waals surface area contributed by atoms with Gasteiger partial charge in [-0.3, -0.25) is 4.79 Å². The van der Waals surface area contributed by atoms with Crippen molar-refractivity contribution in [2.24, 2.45) is 0 Å². The molecule has 0 radical (unpaired) electrons. The van der Waals surface area contributed by atoms with Gasteiger partial charge in [-0.2, -0.15) is 0 Å². The van der Waals surface area contributed by atoms with Crippen LogP contribution in [-0.4, -0.2) is 56.2 Å². The summed E-state index contributed by atoms with van der Waals surface area (Å²) in [7, 11) is 3.28. The lowest BCUT2D eigenvalue weighted by molar-refractivity contribution is 0.0598. The Hall–Kier alpha value is -3.12. The fourth-order valence-corrected chi connectivity index (χ4v) is 3.96. The van der Waals surface area contributed by atoms with Crippen LogP contribution in [0.2, 0.25) is 0 Å². The number of benzene rings is 2. The van der Waals surface area contributed by atoms with Crippen LogP contribution in [0.3, 0.4) is 0 Å². The standard InChI is InChI=1S/C26H32N2O4.C2H6/c1-6-28(7-2)24(29)19-10-8-18(9-11-19)22-17-26(3,14-15-27-4)32-23-16-20(25(30)31-5)12-13-21(22)23;1-2/h8-13,16-17,27H,6-7,14-15H2,1-5H3;1-2H3. The quantitative estimate of drug-likeness (QED) is 0.544. The minimum absolute atomic E-state index is 0.0319. The van der Waals surface area contributed by atoms with Crippen LogP contribution < -0.4 is 10.1 Å². The number of hydrogen-bond acceptors (Lipinski definition) is 5. The number of methoxy groups -OCH3 is 1. The first-order chi connectivity index (χ1) is 16.4. The summed E-state index contributed by atoms with van der Waals surface area (Å²) < 4.78 is 11.2. The zero-order chi connectivity index (χ0) is 25.3. The van der Waals surface area contributed by atoms with E-state index in [1.54, 1.807) is 17.0 Å². The van der Waals surface area contributed by atoms with E-state index in [4.69, 9.17) is 9.47 Å². The highest BCUT2D eigenvalue weighted by Gasteiger charge is 2.32. The Morgan fingerprint density at radius 2 is 1.65 bits per heavy atom. The molecule has 0 aromatic heterocycles. The molecule has 1 amide bonds. The van der Waals surface area contributed by atoms with E-state index >= 15 is 0 Å². The van der Waals surface area contributed by atoms with E-state index in [2.05, 4.69) is 11.4 Å². The summed E-state index contributed by atoms with van der Waals surface area (Å²) in [6.07, 6.45) is 2.89. The van der Waals surface area contributed by atoms with Crippen molar-refractivity contribution in [3.8, 4) is 5.75 Å². The van der Waals surface area contributed by atoms with Crippen LogP contribution in [0.25, 0.3) is 5.57 Å². The van der Waals surface area contributed by atoms with Crippen molar-refractivity contribution in [3.05, 3.63) is 70.8 Å². The van der Waals surface area contributed by atoms with Gasteiger partial charge in [0.15, 0.2) is 0 Å². The van der Waals surface area contributed by atoms with Crippen LogP contribution in [0.15, 0.2) is 48.5 Å². The third kappa shape index (κ3) is 6.06. The van der Waals surface area contributed by atoms with Crippen molar-refractivity contribution < 1.29 is 19.1 Å². The normalized spacial score (nSPS) is 16.3. The Bertz CT molecular complexity index is 1010. The molecular formula is C28H38N2O4. The Balaban J connectivity index is 0.00000199. The number of rotatable bonds is 8. The van der Waals surface area contributed by atoms with Crippen LogP contribution in [-0.2, 0) is 4.74 Å². The number of esters is 1. The number of ether oxygens (including phenoxy) is 2. The molecule has 1 N–H and O–H groups in total. The molecule has 0 aliphatic carbocycles. The highest BCUT2D eigenvalue weighted by atomic mass is 16.5. The summed E-state index contributed by atoms with van der Waals surface area (Å²) in [6.45, 7) is 12.1. The number of carbonyl (C=O) groups is 2. The van der Waals surface area contributed by atoms with Gasteiger partial charge in [-0.1, -0.05) is 26.0 Å². The molecule has 0 fully saturated rings. The van der Waals surface area contributed by atoms with E-state index in [1.165, 1.54) is 7.11 Å². The number of carbonyl (C=O) groups excluding carboxylic acids is 2. The zero-order valence-electron chi connectivity index (χ0n) is 21.5. The molecule has 1 heterocycles. The van der Waals surface area contributed by atoms with Crippen molar-refractivity contribution in [2.45, 2.75) is 46.6 Å². The van der Waals surface area contributed by atoms with Gasteiger partial charge < -0.3 is 19.7 Å². The fourth-order valence-electron chi connectivity index (χ4n) is 3.96. The monoisotopic (exact) mass is 466 g/mol. The second-order valence-electron chi connectivity index (χ2n) is 8.08. The maximum absolute atomic E-state index is 12.7. The fraction of sp³-hybridized carbons (Fsp3) is 0.429. The second kappa shape index (κ2) is 12.4. The van der Waals surface area contributed by atoms with E-state index in [-0.39, 0.29) is 5.91 Å². The number of amides is 1. The van der Waals surface area contributed by atoms with Gasteiger partial charge in [0.1, 0.15) is 11.4 Å². The molecular weight excluding hydrogens is 428 g/mol. The molecule has 2 aromatic carbocycles. The lowest BCUT2D eigenvalue weighted by Gasteiger charge is -2.34. The molecule has 1 aliphatic rings. The van der Waals surface area contributed by atoms with Crippen LogP contribution in [0.1, 0.15) is 72.9 Å². The van der Waals surface area contributed by atoms with Gasteiger partial charge in [-0.05, 0) is 81.9 Å². The molecule has 0 saturated carbocycles. The van der Waals surface area contributed by atoms with E-state index in [0.29, 0.717) is 30.0 Å². The van der Waals surface area contributed by atoms with Crippen LogP contribution >= 0.6 is 0 Å². The summed E-state index contributed by atoms with van der Waals surface area (Å²) in [5.41, 5.74) is 3.49. The lowest BCUT2D eigenvalue weighted by Crippen LogP contribution is -2.36. The smallest absolute Gasteiger partial charge is 0.337 e. The molecule has 34 heavy (non-hydrogen) atoms. The summed E-state index contributed by atoms with van der Waals surface area (Å²) in [5.74, 6) is 0.278. The summed E-state index contributed by atoms with van der Waals surface area (Å²) in [4.78, 5) is 26.5. The number of nitrogens with one attached hydrogen (secondary N) is 1. The molecule has 1 aliphatic heterocycles. The second-order valence-corrected chi connectivity index (χ2v) is 8.08. The average molecular weight is 467 g/mol. The maximum atomic E-state index is 12.7. The predicted molar refractivity (Wildman–Crippen MR) is 137 cm³/mol. The molecule has 184 valence electrons. The van der Waals surface area contributed by atoms with Crippen molar-refractivity contribution in [1.29, 1.82) is 0 Å². The van der Waals surface area contributed by atoms with Crippen molar-refractivity contribution in [3.63, 3.8) is 0 Å². The van der Waals surface area contributed by atoms with Crippen LogP contribution in [0, 0.1) is 0 Å². The van der Waals surface area contributed by atoms with E-state index < -0.39 is 11.6 Å². The van der Waals surface area contributed by atoms with Crippen LogP contribution in [0.4, 0.5) is 0 Å². The van der Waals surface area contributed by atoms with E-state index in [0.717, 1.165) is 29.7 Å². The predicted octanol–water partition coefficient (Wildman–Crippen LogP) is 5.17. The third-order valence-electron chi connectivity index (χ3n) is 5.85. The molecule has 0 saturated heterocycles. The van der Waals surface area contributed by atoms with Gasteiger partial charge >= 0.3 is 5.97 Å². The van der Waals surface area contributed by atoms with E-state index in [1.807, 2.05) is 72.0 Å². The van der Waals surface area contributed by atoms with Crippen LogP contribution in [0.5, 0.6) is 5.75 Å². The molecule has 6 nitrogen and oxygen atoms in total. The Morgan fingerprint density at radius 1 is 1.03 bits per heavy atom. The van der Waals surface area contributed by atoms with Crippen molar-refractivity contribution in [2.75, 3.05) is 33.8 Å². The summed E-state index contributed by atoms with van der Waals surface area (Å²) in [5, 5.41) is 3.17. The molecule has 0 bridgehead atoms. The highest BCUT2D eigenvalue weighted by molar-refractivity contribution is 5.95. The number of fused-ring (bicyclic) bond motifs is 1. The molecule has 1 atom stereocenters. The van der Waals surface area contributed by atoms with Gasteiger partial charge in [-0.15, -0.1) is 0 Å². The molecule has 6 heteroatoms. The molecule has 0 spiro atoms. The average Bonchev–Trinajstić information content (AvgIpc) is 2.88. The van der Waals surface area contributed by atoms with Gasteiger partial charge in [0, 0.05) is 30.6 Å². The largest absolute Gasteiger partial charge is 0.483 e. The number of hydrogen-bond donors (Lipinski definition) is 1. The lowest BCUT2D eigenvalue weighted by atomic mass is 9.87. The van der Waals surface area contributed by atoms with Gasteiger partial charge in [0.05, 0.1) is 12.7 Å². The Labute approximate surface area is 203 Å². The van der Waals surface area contributed by atoms with Gasteiger partial charge in [0.25, 0.3) is 5.91 Å². The molecule has 2 aromatic rings. The maximum Gasteiger partial charge on any atom is 0.337 e. The van der Waals surface area contributed by atoms with Crippen molar-refractivity contribution >= 4 is 17.4 Å². The molecule has 1 unspecified atom stereocenters. The van der Waals surface area contributed by atoms with Crippen molar-refractivity contribution in [1.82, 2.24) is 10.2 Å². The van der Waals surface area contributed by atoms with E-state index in [9.17, 15) is 9.59 Å². The first kappa shape index (κ1) is 27.1. The van der Waals surface area contributed by atoms with Gasteiger partial charge in [0.2, 0.25) is 0 Å².